The minimum Gasteiger partial charge on any atom is -0.456 e. The summed E-state index contributed by atoms with van der Waals surface area (Å²) >= 11 is 0. The van der Waals surface area contributed by atoms with Crippen LogP contribution in [0.2, 0.25) is 0 Å². The first-order chi connectivity index (χ1) is 18.4. The van der Waals surface area contributed by atoms with Crippen molar-refractivity contribution >= 4 is 42.8 Å². The number of nitrogens with zero attached hydrogens (tertiary/aromatic N) is 2. The number of aryl methyl sites for hydroxylation is 2. The lowest BCUT2D eigenvalue weighted by molar-refractivity contribution is -0.116. The van der Waals surface area contributed by atoms with Gasteiger partial charge in [-0.1, -0.05) is 6.07 Å². The van der Waals surface area contributed by atoms with Gasteiger partial charge in [-0.05, 0) is 61.6 Å². The molecule has 2 aromatic rings. The molecule has 0 atom stereocenters. The Kier molecular flexibility index (Phi) is 5.92. The summed E-state index contributed by atoms with van der Waals surface area (Å²) in [5, 5.41) is 0.967. The van der Waals surface area contributed by atoms with Gasteiger partial charge in [0.25, 0.3) is 20.2 Å². The standard InChI is InChI=1S/C27H24N2O8S2/c1-15(30)28-17-6-8-19-23(13-17)37-27-21-5-3-11-29-10-2-4-16(26(21)29)12-22(27)25(19)20-9-7-18(38(31,32)33)14-24(20)39(34,35)36/h6-9,12-14H,2-5,10-11H2,1H3,(H,31,32,33)(H,34,35,36). The van der Waals surface area contributed by atoms with Crippen LogP contribution in [0.4, 0.5) is 5.69 Å². The molecule has 2 aromatic carbocycles. The van der Waals surface area contributed by atoms with E-state index in [-0.39, 0.29) is 5.56 Å². The van der Waals surface area contributed by atoms with E-state index in [4.69, 9.17) is 4.42 Å². The molecule has 4 aliphatic rings. The molecular weight excluding hydrogens is 544 g/mol. The van der Waals surface area contributed by atoms with Gasteiger partial charge in [0.05, 0.1) is 10.3 Å². The lowest BCUT2D eigenvalue weighted by Crippen LogP contribution is -2.34. The van der Waals surface area contributed by atoms with Crippen LogP contribution in [0.25, 0.3) is 33.4 Å². The summed E-state index contributed by atoms with van der Waals surface area (Å²) in [4.78, 5) is 16.6. The number of hydrogen-bond donors (Lipinski definition) is 2. The maximum atomic E-state index is 12.6. The molecular formula is C27H24N2O8S2. The monoisotopic (exact) mass is 568 g/mol. The molecule has 0 aromatic heterocycles. The summed E-state index contributed by atoms with van der Waals surface area (Å²) < 4.78 is 74.9. The highest BCUT2D eigenvalue weighted by Crippen LogP contribution is 2.48. The van der Waals surface area contributed by atoms with E-state index in [2.05, 4.69) is 9.89 Å². The molecule has 12 heteroatoms. The smallest absolute Gasteiger partial charge is 0.295 e. The zero-order valence-electron chi connectivity index (χ0n) is 20.8. The van der Waals surface area contributed by atoms with Crippen molar-refractivity contribution in [1.82, 2.24) is 0 Å². The lowest BCUT2D eigenvalue weighted by Gasteiger charge is -2.37. The van der Waals surface area contributed by atoms with E-state index in [0.717, 1.165) is 67.7 Å². The molecule has 6 rings (SSSR count). The number of anilines is 1. The van der Waals surface area contributed by atoms with Crippen LogP contribution < -0.4 is 10.3 Å². The maximum Gasteiger partial charge on any atom is 0.295 e. The molecule has 0 fully saturated rings. The lowest BCUT2D eigenvalue weighted by atomic mass is 9.86. The molecule has 2 N–H and O–H groups in total. The van der Waals surface area contributed by atoms with Gasteiger partial charge in [0.15, 0.2) is 0 Å². The van der Waals surface area contributed by atoms with Gasteiger partial charge < -0.3 is 9.32 Å². The number of carbonyl (C=O) groups excluding carboxylic acids is 1. The van der Waals surface area contributed by atoms with Crippen molar-refractivity contribution in [3.8, 4) is 22.5 Å². The fourth-order valence-corrected chi connectivity index (χ4v) is 7.12. The Labute approximate surface area is 224 Å². The van der Waals surface area contributed by atoms with Crippen LogP contribution >= 0.6 is 0 Å². The molecule has 39 heavy (non-hydrogen) atoms. The molecule has 0 spiro atoms. The third-order valence-corrected chi connectivity index (χ3v) is 9.02. The van der Waals surface area contributed by atoms with Gasteiger partial charge in [-0.15, -0.1) is 0 Å². The minimum atomic E-state index is -4.93. The Bertz CT molecular complexity index is 1960. The van der Waals surface area contributed by atoms with Crippen molar-refractivity contribution in [2.24, 2.45) is 4.99 Å². The van der Waals surface area contributed by atoms with Gasteiger partial charge in [0, 0.05) is 59.4 Å². The summed E-state index contributed by atoms with van der Waals surface area (Å²) in [5.74, 6) is -0.0612. The highest BCUT2D eigenvalue weighted by molar-refractivity contribution is 7.86. The molecule has 0 unspecified atom stereocenters. The first kappa shape index (κ1) is 25.7. The summed E-state index contributed by atoms with van der Waals surface area (Å²) in [7, 11) is -9.69. The van der Waals surface area contributed by atoms with Crippen LogP contribution in [0.5, 0.6) is 0 Å². The molecule has 10 nitrogen and oxygen atoms in total. The molecule has 3 heterocycles. The van der Waals surface area contributed by atoms with Gasteiger partial charge in [-0.25, -0.2) is 4.99 Å². The largest absolute Gasteiger partial charge is 0.456 e. The maximum absolute atomic E-state index is 12.6. The molecule has 0 saturated heterocycles. The molecule has 0 saturated carbocycles. The van der Waals surface area contributed by atoms with Crippen molar-refractivity contribution < 1.29 is 35.2 Å². The molecule has 1 amide bonds. The highest BCUT2D eigenvalue weighted by atomic mass is 32.2. The van der Waals surface area contributed by atoms with E-state index < -0.39 is 35.9 Å². The molecule has 1 aliphatic carbocycles. The number of amides is 1. The second kappa shape index (κ2) is 8.98. The molecule has 0 radical (unpaired) electrons. The van der Waals surface area contributed by atoms with E-state index in [1.807, 2.05) is 6.07 Å². The summed E-state index contributed by atoms with van der Waals surface area (Å²) in [6.45, 7) is 3.18. The molecule has 0 bridgehead atoms. The average Bonchev–Trinajstić information content (AvgIpc) is 2.86. The van der Waals surface area contributed by atoms with Crippen LogP contribution in [0, 0.1) is 0 Å². The summed E-state index contributed by atoms with van der Waals surface area (Å²) in [6, 6.07) is 9.89. The van der Waals surface area contributed by atoms with Gasteiger partial charge in [-0.3, -0.25) is 13.9 Å². The zero-order valence-corrected chi connectivity index (χ0v) is 22.5. The average molecular weight is 569 g/mol. The van der Waals surface area contributed by atoms with Crippen molar-refractivity contribution in [2.45, 2.75) is 42.4 Å². The van der Waals surface area contributed by atoms with Gasteiger partial charge >= 0.3 is 0 Å². The minimum absolute atomic E-state index is 0.0441. The normalized spacial score (nSPS) is 16.1. The predicted octanol–water partition coefficient (Wildman–Crippen LogP) is 3.84. The van der Waals surface area contributed by atoms with E-state index >= 15 is 0 Å². The van der Waals surface area contributed by atoms with Crippen LogP contribution in [-0.2, 0) is 37.9 Å². The number of fused-ring (bicyclic) bond motifs is 3. The Morgan fingerprint density at radius 1 is 0.923 bits per heavy atom. The quantitative estimate of drug-likeness (QED) is 0.277. The second-order valence-electron chi connectivity index (χ2n) is 9.83. The Morgan fingerprint density at radius 2 is 1.64 bits per heavy atom. The van der Waals surface area contributed by atoms with E-state index in [1.165, 1.54) is 13.0 Å². The fourth-order valence-electron chi connectivity index (χ4n) is 5.81. The van der Waals surface area contributed by atoms with Crippen molar-refractivity contribution in [3.63, 3.8) is 0 Å². The van der Waals surface area contributed by atoms with Gasteiger partial charge in [0.1, 0.15) is 16.2 Å². The highest BCUT2D eigenvalue weighted by Gasteiger charge is 2.31. The third-order valence-electron chi connectivity index (χ3n) is 7.27. The summed E-state index contributed by atoms with van der Waals surface area (Å²) in [5.41, 5.74) is 4.70. The van der Waals surface area contributed by atoms with Crippen LogP contribution in [0.1, 0.15) is 30.9 Å². The number of carbonyl (C=O) groups is 1. The molecule has 202 valence electrons. The van der Waals surface area contributed by atoms with Gasteiger partial charge in [-0.2, -0.15) is 16.8 Å². The van der Waals surface area contributed by atoms with Gasteiger partial charge in [0.2, 0.25) is 5.91 Å². The number of hydrogen-bond acceptors (Lipinski definition) is 7. The Hall–Kier alpha value is -3.58. The first-order valence-corrected chi connectivity index (χ1v) is 15.2. The zero-order chi connectivity index (χ0) is 27.7. The van der Waals surface area contributed by atoms with Crippen molar-refractivity contribution in [1.29, 1.82) is 0 Å². The fraction of sp³-hybridized carbons (Fsp3) is 0.259. The SMILES string of the molecule is CC(=O)N=c1ccc2c(-c3ccc(S(=O)(=O)O)cc3S(=O)(=O)O)c3cc4c5c(c3oc-2c1)CCCN5CCC4. The Balaban J connectivity index is 1.80. The summed E-state index contributed by atoms with van der Waals surface area (Å²) in [6.07, 6.45) is 3.45. The Morgan fingerprint density at radius 3 is 2.33 bits per heavy atom. The van der Waals surface area contributed by atoms with E-state index in [1.54, 1.807) is 18.2 Å². The number of benzene rings is 3. The van der Waals surface area contributed by atoms with Crippen LogP contribution in [-0.4, -0.2) is 44.9 Å². The molecule has 3 aliphatic heterocycles. The van der Waals surface area contributed by atoms with Crippen LogP contribution in [0.3, 0.4) is 0 Å². The van der Waals surface area contributed by atoms with E-state index in [0.29, 0.717) is 33.2 Å². The first-order valence-electron chi connectivity index (χ1n) is 12.4. The topological polar surface area (TPSA) is 155 Å². The van der Waals surface area contributed by atoms with Crippen molar-refractivity contribution in [2.75, 3.05) is 18.0 Å². The van der Waals surface area contributed by atoms with Crippen LogP contribution in [0.15, 0.2) is 61.7 Å². The second-order valence-corrected chi connectivity index (χ2v) is 12.6. The predicted molar refractivity (Wildman–Crippen MR) is 143 cm³/mol. The number of rotatable bonds is 3. The van der Waals surface area contributed by atoms with Crippen molar-refractivity contribution in [3.05, 3.63) is 58.9 Å². The third kappa shape index (κ3) is 4.42. The van der Waals surface area contributed by atoms with E-state index in [9.17, 15) is 30.7 Å².